The predicted octanol–water partition coefficient (Wildman–Crippen LogP) is 3.91. The largest absolute Gasteiger partial charge is 0.464 e. The molecule has 1 aliphatic carbocycles. The van der Waals surface area contributed by atoms with E-state index < -0.39 is 12.1 Å². The molecule has 0 bridgehead atoms. The van der Waals surface area contributed by atoms with Crippen LogP contribution in [0.2, 0.25) is 0 Å². The van der Waals surface area contributed by atoms with Crippen molar-refractivity contribution in [2.75, 3.05) is 18.6 Å². The van der Waals surface area contributed by atoms with E-state index in [9.17, 15) is 9.59 Å². The van der Waals surface area contributed by atoms with E-state index in [1.165, 1.54) is 7.11 Å². The van der Waals surface area contributed by atoms with Gasteiger partial charge in [0.1, 0.15) is 5.84 Å². The summed E-state index contributed by atoms with van der Waals surface area (Å²) >= 11 is 0. The van der Waals surface area contributed by atoms with E-state index in [4.69, 9.17) is 20.6 Å². The van der Waals surface area contributed by atoms with Gasteiger partial charge in [-0.2, -0.15) is 0 Å². The summed E-state index contributed by atoms with van der Waals surface area (Å²) in [4.78, 5) is 27.8. The van der Waals surface area contributed by atoms with E-state index >= 15 is 0 Å². The third-order valence-corrected chi connectivity index (χ3v) is 6.94. The van der Waals surface area contributed by atoms with E-state index in [2.05, 4.69) is 10.6 Å². The topological polar surface area (TPSA) is 111 Å². The van der Waals surface area contributed by atoms with Crippen LogP contribution in [0.3, 0.4) is 0 Å². The van der Waals surface area contributed by atoms with Crippen LogP contribution >= 0.6 is 0 Å². The molecule has 2 aromatic carbocycles. The third-order valence-electron chi connectivity index (χ3n) is 6.94. The molecule has 1 heterocycles. The van der Waals surface area contributed by atoms with Gasteiger partial charge in [0.15, 0.2) is 0 Å². The zero-order valence-corrected chi connectivity index (χ0v) is 21.1. The number of methoxy groups -OCH3 is 1. The molecule has 190 valence electrons. The Morgan fingerprint density at radius 2 is 1.83 bits per heavy atom. The number of rotatable bonds is 9. The molecule has 1 fully saturated rings. The third kappa shape index (κ3) is 5.14. The Kier molecular flexibility index (Phi) is 7.74. The number of fused-ring (bicyclic) bond motifs is 1. The summed E-state index contributed by atoms with van der Waals surface area (Å²) in [7, 11) is 3.39. The van der Waals surface area contributed by atoms with Gasteiger partial charge in [0.2, 0.25) is 6.10 Å². The van der Waals surface area contributed by atoms with Crippen molar-refractivity contribution in [3.8, 4) is 0 Å². The molecule has 8 nitrogen and oxygen atoms in total. The first-order valence-corrected chi connectivity index (χ1v) is 12.4. The molecule has 1 amide bonds. The molecular formula is C28H34N4O4. The van der Waals surface area contributed by atoms with Crippen molar-refractivity contribution in [3.05, 3.63) is 65.4 Å². The maximum Gasteiger partial charge on any atom is 0.345 e. The fraction of sp³-hybridized carbons (Fsp3) is 0.393. The van der Waals surface area contributed by atoms with Gasteiger partial charge in [0.25, 0.3) is 5.91 Å². The van der Waals surface area contributed by atoms with Crippen LogP contribution < -0.4 is 10.6 Å². The van der Waals surface area contributed by atoms with Gasteiger partial charge in [-0.05, 0) is 49.6 Å². The molecule has 36 heavy (non-hydrogen) atoms. The highest BCUT2D eigenvalue weighted by molar-refractivity contribution is 6.09. The first kappa shape index (κ1) is 25.4. The number of nitrogens with one attached hydrogen (secondary N) is 1. The normalized spacial score (nSPS) is 14.6. The molecule has 0 radical (unpaired) electrons. The lowest BCUT2D eigenvalue weighted by Gasteiger charge is -2.31. The Labute approximate surface area is 211 Å². The van der Waals surface area contributed by atoms with Crippen LogP contribution in [-0.4, -0.2) is 48.1 Å². The smallest absolute Gasteiger partial charge is 0.345 e. The van der Waals surface area contributed by atoms with Crippen LogP contribution in [0.5, 0.6) is 0 Å². The van der Waals surface area contributed by atoms with Crippen molar-refractivity contribution in [2.24, 2.45) is 12.8 Å². The van der Waals surface area contributed by atoms with Crippen molar-refractivity contribution in [2.45, 2.75) is 51.2 Å². The summed E-state index contributed by atoms with van der Waals surface area (Å²) < 4.78 is 12.5. The standard InChI is InChI=1S/C28H34N4O4/c1-4-36-28(34)25(35-3)27(33)32(21-7-5-6-8-21)22-13-14-24-20(16-22)17-23(31(24)2)15-18-9-11-19(12-10-18)26(29)30/h9-14,16-17,21,25H,4-8,15H2,1-3H3,(H3,29,30). The number of aryl methyl sites for hydroxylation is 1. The van der Waals surface area contributed by atoms with Crippen molar-refractivity contribution >= 4 is 34.3 Å². The summed E-state index contributed by atoms with van der Waals surface area (Å²) in [6, 6.07) is 15.8. The summed E-state index contributed by atoms with van der Waals surface area (Å²) in [5, 5.41) is 8.60. The summed E-state index contributed by atoms with van der Waals surface area (Å²) in [6.45, 7) is 1.90. The van der Waals surface area contributed by atoms with Gasteiger partial charge in [-0.25, -0.2) is 4.79 Å². The number of benzene rings is 2. The zero-order chi connectivity index (χ0) is 25.8. The van der Waals surface area contributed by atoms with Crippen LogP contribution in [0.25, 0.3) is 10.9 Å². The highest BCUT2D eigenvalue weighted by Crippen LogP contribution is 2.32. The number of nitrogens with two attached hydrogens (primary N) is 1. The lowest BCUT2D eigenvalue weighted by atomic mass is 10.1. The molecule has 8 heteroatoms. The molecule has 1 aromatic heterocycles. The van der Waals surface area contributed by atoms with E-state index in [0.717, 1.165) is 60.0 Å². The minimum atomic E-state index is -1.29. The average molecular weight is 491 g/mol. The molecular weight excluding hydrogens is 456 g/mol. The van der Waals surface area contributed by atoms with Gasteiger partial charge in [-0.3, -0.25) is 10.2 Å². The van der Waals surface area contributed by atoms with Crippen LogP contribution in [0, 0.1) is 5.41 Å². The molecule has 0 aliphatic heterocycles. The quantitative estimate of drug-likeness (QED) is 0.205. The van der Waals surface area contributed by atoms with Crippen molar-refractivity contribution in [1.29, 1.82) is 5.41 Å². The minimum Gasteiger partial charge on any atom is -0.464 e. The second-order valence-corrected chi connectivity index (χ2v) is 9.24. The highest BCUT2D eigenvalue weighted by atomic mass is 16.6. The number of ether oxygens (including phenoxy) is 2. The molecule has 0 spiro atoms. The number of amides is 1. The number of nitrogens with zero attached hydrogens (tertiary/aromatic N) is 2. The van der Waals surface area contributed by atoms with Crippen molar-refractivity contribution in [3.63, 3.8) is 0 Å². The SMILES string of the molecule is CCOC(=O)C(OC)C(=O)N(c1ccc2c(c1)cc(Cc1ccc(C(=N)N)cc1)n2C)C1CCCC1. The lowest BCUT2D eigenvalue weighted by molar-refractivity contribution is -0.159. The van der Waals surface area contributed by atoms with Crippen LogP contribution in [0.1, 0.15) is 49.4 Å². The Bertz CT molecular complexity index is 1260. The highest BCUT2D eigenvalue weighted by Gasteiger charge is 2.37. The fourth-order valence-electron chi connectivity index (χ4n) is 5.05. The molecule has 1 atom stereocenters. The van der Waals surface area contributed by atoms with Gasteiger partial charge in [-0.1, -0.05) is 37.1 Å². The summed E-state index contributed by atoms with van der Waals surface area (Å²) in [6.07, 6.45) is 3.31. The number of hydrogen-bond acceptors (Lipinski definition) is 5. The summed E-state index contributed by atoms with van der Waals surface area (Å²) in [5.41, 5.74) is 10.3. The number of anilines is 1. The van der Waals surface area contributed by atoms with E-state index in [1.54, 1.807) is 11.8 Å². The fourth-order valence-corrected chi connectivity index (χ4v) is 5.05. The molecule has 4 rings (SSSR count). The number of carbonyl (C=O) groups excluding carboxylic acids is 2. The predicted molar refractivity (Wildman–Crippen MR) is 140 cm³/mol. The van der Waals surface area contributed by atoms with Crippen LogP contribution in [0.15, 0.2) is 48.5 Å². The summed E-state index contributed by atoms with van der Waals surface area (Å²) in [5.74, 6) is -0.991. The number of hydrogen-bond donors (Lipinski definition) is 2. The Balaban J connectivity index is 1.66. The second kappa shape index (κ2) is 11.0. The van der Waals surface area contributed by atoms with E-state index in [0.29, 0.717) is 5.56 Å². The first-order valence-electron chi connectivity index (χ1n) is 12.4. The Morgan fingerprint density at radius 1 is 1.14 bits per heavy atom. The number of amidine groups is 1. The number of nitrogen functional groups attached to an aromatic ring is 1. The molecule has 3 N–H and O–H groups in total. The zero-order valence-electron chi connectivity index (χ0n) is 21.1. The lowest BCUT2D eigenvalue weighted by Crippen LogP contribution is -2.49. The van der Waals surface area contributed by atoms with Gasteiger partial charge in [0, 0.05) is 54.5 Å². The maximum atomic E-state index is 13.6. The van der Waals surface area contributed by atoms with Crippen LogP contribution in [0.4, 0.5) is 5.69 Å². The number of esters is 1. The molecule has 3 aromatic rings. The van der Waals surface area contributed by atoms with Crippen molar-refractivity contribution < 1.29 is 19.1 Å². The van der Waals surface area contributed by atoms with E-state index in [-0.39, 0.29) is 24.4 Å². The second-order valence-electron chi connectivity index (χ2n) is 9.24. The average Bonchev–Trinajstić information content (AvgIpc) is 3.49. The molecule has 1 aliphatic rings. The monoisotopic (exact) mass is 490 g/mol. The van der Waals surface area contributed by atoms with Gasteiger partial charge in [0.05, 0.1) is 6.61 Å². The van der Waals surface area contributed by atoms with Gasteiger partial charge >= 0.3 is 5.97 Å². The number of aromatic nitrogens is 1. The van der Waals surface area contributed by atoms with Crippen LogP contribution in [-0.2, 0) is 32.5 Å². The molecule has 1 unspecified atom stereocenters. The first-order chi connectivity index (χ1) is 17.3. The Hall–Kier alpha value is -3.65. The van der Waals surface area contributed by atoms with Crippen molar-refractivity contribution in [1.82, 2.24) is 4.57 Å². The maximum absolute atomic E-state index is 13.6. The Morgan fingerprint density at radius 3 is 2.44 bits per heavy atom. The van der Waals surface area contributed by atoms with Gasteiger partial charge in [-0.15, -0.1) is 0 Å². The van der Waals surface area contributed by atoms with E-state index in [1.807, 2.05) is 49.5 Å². The minimum absolute atomic E-state index is 0.0185. The van der Waals surface area contributed by atoms with Gasteiger partial charge < -0.3 is 24.7 Å². The number of carbonyl (C=O) groups is 2. The molecule has 1 saturated carbocycles. The molecule has 0 saturated heterocycles.